The number of pyridine rings is 1. The van der Waals surface area contributed by atoms with E-state index in [1.165, 1.54) is 18.4 Å². The van der Waals surface area contributed by atoms with E-state index in [0.717, 1.165) is 35.1 Å². The molecule has 1 aromatic carbocycles. The van der Waals surface area contributed by atoms with Crippen molar-refractivity contribution in [2.45, 2.75) is 25.7 Å². The van der Waals surface area contributed by atoms with Crippen molar-refractivity contribution in [1.29, 1.82) is 0 Å². The summed E-state index contributed by atoms with van der Waals surface area (Å²) in [7, 11) is 1.60. The lowest BCUT2D eigenvalue weighted by Gasteiger charge is -2.20. The standard InChI is InChI=1S/C14H16ClN3O/c1-19-13-7-12-9(6-10(13)15)14(18-16)8-4-2-3-5-11(8)17-12/h6-7H,2-5,16H2,1H3,(H,17,18). The van der Waals surface area contributed by atoms with Crippen LogP contribution in [-0.2, 0) is 12.8 Å². The number of aryl methyl sites for hydroxylation is 1. The fraction of sp³-hybridized carbons (Fsp3) is 0.357. The summed E-state index contributed by atoms with van der Waals surface area (Å²) in [5, 5.41) is 1.53. The first-order valence-electron chi connectivity index (χ1n) is 6.40. The van der Waals surface area contributed by atoms with Gasteiger partial charge in [-0.15, -0.1) is 0 Å². The lowest BCUT2D eigenvalue weighted by molar-refractivity contribution is 0.415. The van der Waals surface area contributed by atoms with Crippen molar-refractivity contribution < 1.29 is 4.74 Å². The highest BCUT2D eigenvalue weighted by atomic mass is 35.5. The van der Waals surface area contributed by atoms with Crippen LogP contribution in [0.25, 0.3) is 10.9 Å². The number of nitrogens with two attached hydrogens (primary N) is 1. The van der Waals surface area contributed by atoms with Gasteiger partial charge in [0.25, 0.3) is 0 Å². The summed E-state index contributed by atoms with van der Waals surface area (Å²) in [6, 6.07) is 3.74. The van der Waals surface area contributed by atoms with E-state index < -0.39 is 0 Å². The van der Waals surface area contributed by atoms with Gasteiger partial charge in [0.2, 0.25) is 0 Å². The Morgan fingerprint density at radius 2 is 2.11 bits per heavy atom. The van der Waals surface area contributed by atoms with Gasteiger partial charge in [0.15, 0.2) is 0 Å². The molecule has 0 spiro atoms. The summed E-state index contributed by atoms with van der Waals surface area (Å²) in [6.07, 6.45) is 4.38. The highest BCUT2D eigenvalue weighted by molar-refractivity contribution is 6.33. The molecule has 19 heavy (non-hydrogen) atoms. The molecule has 0 unspecified atom stereocenters. The van der Waals surface area contributed by atoms with Crippen molar-refractivity contribution >= 4 is 28.2 Å². The molecule has 1 aromatic heterocycles. The second-order valence-electron chi connectivity index (χ2n) is 4.77. The monoisotopic (exact) mass is 277 g/mol. The molecular weight excluding hydrogens is 262 g/mol. The maximum Gasteiger partial charge on any atom is 0.139 e. The summed E-state index contributed by atoms with van der Waals surface area (Å²) < 4.78 is 5.25. The van der Waals surface area contributed by atoms with Crippen molar-refractivity contribution in [3.63, 3.8) is 0 Å². The van der Waals surface area contributed by atoms with Gasteiger partial charge in [-0.2, -0.15) is 0 Å². The molecule has 3 N–H and O–H groups in total. The average Bonchev–Trinajstić information content (AvgIpc) is 2.44. The molecule has 2 aromatic rings. The summed E-state index contributed by atoms with van der Waals surface area (Å²) in [5.74, 6) is 6.35. The maximum absolute atomic E-state index is 6.19. The van der Waals surface area contributed by atoms with E-state index in [1.54, 1.807) is 7.11 Å². The number of nitrogens with zero attached hydrogens (tertiary/aromatic N) is 1. The second kappa shape index (κ2) is 4.87. The SMILES string of the molecule is COc1cc2nc3c(c(NN)c2cc1Cl)CCCC3. The molecule has 0 fully saturated rings. The van der Waals surface area contributed by atoms with Crippen LogP contribution in [-0.4, -0.2) is 12.1 Å². The molecule has 3 rings (SSSR count). The normalized spacial score (nSPS) is 14.3. The second-order valence-corrected chi connectivity index (χ2v) is 5.17. The number of nitrogen functional groups attached to an aromatic ring is 1. The predicted octanol–water partition coefficient (Wildman–Crippen LogP) is 3.06. The van der Waals surface area contributed by atoms with E-state index in [2.05, 4.69) is 5.43 Å². The van der Waals surface area contributed by atoms with Gasteiger partial charge in [-0.1, -0.05) is 11.6 Å². The predicted molar refractivity (Wildman–Crippen MR) is 77.8 cm³/mol. The van der Waals surface area contributed by atoms with Crippen LogP contribution in [0.1, 0.15) is 24.1 Å². The number of ether oxygens (including phenoxy) is 1. The Hall–Kier alpha value is -1.52. The molecule has 4 nitrogen and oxygen atoms in total. The Morgan fingerprint density at radius 1 is 1.32 bits per heavy atom. The van der Waals surface area contributed by atoms with Crippen LogP contribution < -0.4 is 16.0 Å². The van der Waals surface area contributed by atoms with E-state index in [4.69, 9.17) is 27.2 Å². The first-order valence-corrected chi connectivity index (χ1v) is 6.78. The molecule has 5 heteroatoms. The lowest BCUT2D eigenvalue weighted by Crippen LogP contribution is -2.15. The average molecular weight is 278 g/mol. The summed E-state index contributed by atoms with van der Waals surface area (Å²) >= 11 is 6.19. The molecule has 0 saturated carbocycles. The molecule has 0 atom stereocenters. The summed E-state index contributed by atoms with van der Waals surface area (Å²) in [6.45, 7) is 0. The number of anilines is 1. The molecule has 1 heterocycles. The number of aromatic nitrogens is 1. The van der Waals surface area contributed by atoms with Crippen molar-refractivity contribution in [3.05, 3.63) is 28.4 Å². The van der Waals surface area contributed by atoms with Crippen LogP contribution in [0.3, 0.4) is 0 Å². The first kappa shape index (κ1) is 12.5. The number of nitrogens with one attached hydrogen (secondary N) is 1. The molecule has 0 aliphatic heterocycles. The fourth-order valence-electron chi connectivity index (χ4n) is 2.75. The Morgan fingerprint density at radius 3 is 2.84 bits per heavy atom. The van der Waals surface area contributed by atoms with E-state index in [1.807, 2.05) is 12.1 Å². The quantitative estimate of drug-likeness (QED) is 0.654. The third-order valence-corrected chi connectivity index (χ3v) is 3.98. The third-order valence-electron chi connectivity index (χ3n) is 3.68. The van der Waals surface area contributed by atoms with Crippen LogP contribution in [0.4, 0.5) is 5.69 Å². The number of benzene rings is 1. The molecule has 0 radical (unpaired) electrons. The smallest absolute Gasteiger partial charge is 0.139 e. The Balaban J connectivity index is 2.33. The Kier molecular flexibility index (Phi) is 3.21. The van der Waals surface area contributed by atoms with Crippen molar-refractivity contribution in [2.24, 2.45) is 5.84 Å². The van der Waals surface area contributed by atoms with Gasteiger partial charge in [-0.25, -0.2) is 0 Å². The minimum atomic E-state index is 0.573. The summed E-state index contributed by atoms with van der Waals surface area (Å²) in [5.41, 5.74) is 7.00. The minimum Gasteiger partial charge on any atom is -0.495 e. The number of hydrogen-bond donors (Lipinski definition) is 2. The fourth-order valence-corrected chi connectivity index (χ4v) is 2.99. The lowest BCUT2D eigenvalue weighted by atomic mass is 9.93. The van der Waals surface area contributed by atoms with Crippen LogP contribution in [0.2, 0.25) is 5.02 Å². The van der Waals surface area contributed by atoms with Gasteiger partial charge >= 0.3 is 0 Å². The van der Waals surface area contributed by atoms with Gasteiger partial charge in [0.1, 0.15) is 5.75 Å². The summed E-state index contributed by atoms with van der Waals surface area (Å²) in [4.78, 5) is 4.74. The highest BCUT2D eigenvalue weighted by Gasteiger charge is 2.18. The van der Waals surface area contributed by atoms with Gasteiger partial charge in [0, 0.05) is 17.1 Å². The van der Waals surface area contributed by atoms with Crippen LogP contribution in [0.5, 0.6) is 5.75 Å². The van der Waals surface area contributed by atoms with E-state index in [-0.39, 0.29) is 0 Å². The van der Waals surface area contributed by atoms with Crippen LogP contribution in [0.15, 0.2) is 12.1 Å². The van der Waals surface area contributed by atoms with Gasteiger partial charge < -0.3 is 10.2 Å². The van der Waals surface area contributed by atoms with Crippen molar-refractivity contribution in [2.75, 3.05) is 12.5 Å². The van der Waals surface area contributed by atoms with Crippen LogP contribution in [0, 0.1) is 0 Å². The van der Waals surface area contributed by atoms with Gasteiger partial charge in [-0.3, -0.25) is 10.8 Å². The zero-order valence-corrected chi connectivity index (χ0v) is 11.5. The minimum absolute atomic E-state index is 0.573. The number of fused-ring (bicyclic) bond motifs is 2. The van der Waals surface area contributed by atoms with Gasteiger partial charge in [-0.05, 0) is 37.3 Å². The van der Waals surface area contributed by atoms with Crippen molar-refractivity contribution in [3.8, 4) is 5.75 Å². The number of rotatable bonds is 2. The molecule has 100 valence electrons. The van der Waals surface area contributed by atoms with Gasteiger partial charge in [0.05, 0.1) is 23.3 Å². The number of halogens is 1. The maximum atomic E-state index is 6.19. The van der Waals surface area contributed by atoms with E-state index in [0.29, 0.717) is 10.8 Å². The molecule has 1 aliphatic rings. The largest absolute Gasteiger partial charge is 0.495 e. The topological polar surface area (TPSA) is 60.2 Å². The van der Waals surface area contributed by atoms with Crippen LogP contribution >= 0.6 is 11.6 Å². The molecule has 0 bridgehead atoms. The Bertz CT molecular complexity index is 642. The van der Waals surface area contributed by atoms with Crippen molar-refractivity contribution in [1.82, 2.24) is 4.98 Å². The third kappa shape index (κ3) is 2.01. The molecule has 1 aliphatic carbocycles. The number of methoxy groups -OCH3 is 1. The molecular formula is C14H16ClN3O. The number of hydrogen-bond acceptors (Lipinski definition) is 4. The zero-order chi connectivity index (χ0) is 13.4. The van der Waals surface area contributed by atoms with E-state index in [9.17, 15) is 0 Å². The van der Waals surface area contributed by atoms with E-state index >= 15 is 0 Å². The first-order chi connectivity index (χ1) is 9.24. The molecule has 0 saturated heterocycles. The zero-order valence-electron chi connectivity index (χ0n) is 10.8. The highest BCUT2D eigenvalue weighted by Crippen LogP contribution is 2.37. The Labute approximate surface area is 116 Å². The molecule has 0 amide bonds. The number of hydrazine groups is 1.